The molecule has 1 atom stereocenters. The van der Waals surface area contributed by atoms with Crippen molar-refractivity contribution in [3.05, 3.63) is 12.3 Å². The molecule has 4 heteroatoms. The van der Waals surface area contributed by atoms with Gasteiger partial charge in [-0.1, -0.05) is 34.3 Å². The molecule has 0 amide bonds. The van der Waals surface area contributed by atoms with Gasteiger partial charge in [0.1, 0.15) is 0 Å². The van der Waals surface area contributed by atoms with E-state index in [0.717, 1.165) is 12.4 Å². The molecule has 0 spiro atoms. The van der Waals surface area contributed by atoms with Crippen LogP contribution in [0, 0.1) is 5.92 Å². The van der Waals surface area contributed by atoms with Crippen LogP contribution in [0.3, 0.4) is 0 Å². The van der Waals surface area contributed by atoms with Crippen LogP contribution >= 0.6 is 0 Å². The van der Waals surface area contributed by atoms with Gasteiger partial charge in [-0.15, -0.1) is 0 Å². The molecule has 0 saturated heterocycles. The minimum absolute atomic E-state index is 0.258. The van der Waals surface area contributed by atoms with Gasteiger partial charge in [0, 0.05) is 12.5 Å². The van der Waals surface area contributed by atoms with Crippen LogP contribution in [0.15, 0.2) is 12.3 Å². The van der Waals surface area contributed by atoms with Gasteiger partial charge < -0.3 is 8.85 Å². The molecule has 0 aliphatic heterocycles. The molecule has 0 aliphatic rings. The zero-order valence-electron chi connectivity index (χ0n) is 13.8. The van der Waals surface area contributed by atoms with Gasteiger partial charge in [-0.25, -0.2) is 0 Å². The minimum atomic E-state index is -1.66. The molecule has 0 aromatic rings. The van der Waals surface area contributed by atoms with Gasteiger partial charge in [-0.05, 0) is 37.8 Å². The van der Waals surface area contributed by atoms with Crippen molar-refractivity contribution in [2.75, 3.05) is 6.61 Å². The molecule has 0 aromatic carbocycles. The number of rotatable bonds is 6. The van der Waals surface area contributed by atoms with E-state index in [1.165, 1.54) is 0 Å². The van der Waals surface area contributed by atoms with Crippen LogP contribution in [0.4, 0.5) is 0 Å². The predicted octanol–water partition coefficient (Wildman–Crippen LogP) is 5.01. The first-order chi connectivity index (χ1) is 7.76. The molecule has 18 heavy (non-hydrogen) atoms. The van der Waals surface area contributed by atoms with Crippen LogP contribution in [-0.4, -0.2) is 23.2 Å². The van der Waals surface area contributed by atoms with Gasteiger partial charge in [0.2, 0.25) is 8.32 Å². The number of hydrogen-bond acceptors (Lipinski definition) is 2. The molecule has 0 rings (SSSR count). The zero-order valence-corrected chi connectivity index (χ0v) is 15.8. The van der Waals surface area contributed by atoms with E-state index < -0.39 is 16.6 Å². The molecule has 0 aromatic heterocycles. The quantitative estimate of drug-likeness (QED) is 0.505. The van der Waals surface area contributed by atoms with Crippen LogP contribution in [0.5, 0.6) is 0 Å². The van der Waals surface area contributed by atoms with Gasteiger partial charge in [0.05, 0.1) is 5.76 Å². The molecule has 0 radical (unpaired) electrons. The van der Waals surface area contributed by atoms with E-state index in [9.17, 15) is 0 Å². The van der Waals surface area contributed by atoms with Crippen molar-refractivity contribution in [1.82, 2.24) is 0 Å². The Bertz CT molecular complexity index is 285. The largest absolute Gasteiger partial charge is 0.548 e. The summed E-state index contributed by atoms with van der Waals surface area (Å²) < 4.78 is 12.1. The highest BCUT2D eigenvalue weighted by Gasteiger charge is 2.37. The molecule has 0 unspecified atom stereocenters. The Labute approximate surface area is 116 Å². The maximum Gasteiger partial charge on any atom is 0.241 e. The average Bonchev–Trinajstić information content (AvgIpc) is 2.09. The summed E-state index contributed by atoms with van der Waals surface area (Å²) in [7, 11) is -3.20. The minimum Gasteiger partial charge on any atom is -0.548 e. The van der Waals surface area contributed by atoms with Gasteiger partial charge >= 0.3 is 0 Å². The van der Waals surface area contributed by atoms with Gasteiger partial charge in [0.25, 0.3) is 0 Å². The van der Waals surface area contributed by atoms with Crippen LogP contribution in [0.1, 0.15) is 27.7 Å². The van der Waals surface area contributed by atoms with Crippen molar-refractivity contribution in [3.8, 4) is 0 Å². The van der Waals surface area contributed by atoms with Crippen LogP contribution in [0.2, 0.25) is 37.8 Å². The van der Waals surface area contributed by atoms with E-state index in [1.807, 2.05) is 0 Å². The van der Waals surface area contributed by atoms with Crippen LogP contribution in [-0.2, 0) is 8.85 Å². The van der Waals surface area contributed by atoms with Crippen molar-refractivity contribution < 1.29 is 8.85 Å². The lowest BCUT2D eigenvalue weighted by Gasteiger charge is -2.37. The summed E-state index contributed by atoms with van der Waals surface area (Å²) in [6.45, 7) is 24.8. The van der Waals surface area contributed by atoms with Crippen LogP contribution < -0.4 is 0 Å². The number of hydrogen-bond donors (Lipinski definition) is 0. The van der Waals surface area contributed by atoms with Gasteiger partial charge in [0.15, 0.2) is 8.32 Å². The summed E-state index contributed by atoms with van der Waals surface area (Å²) in [5.41, 5.74) is 0. The van der Waals surface area contributed by atoms with Gasteiger partial charge in [-0.2, -0.15) is 0 Å². The van der Waals surface area contributed by atoms with E-state index in [0.29, 0.717) is 0 Å². The molecule has 0 bridgehead atoms. The Kier molecular flexibility index (Phi) is 5.90. The SMILES string of the molecule is C=C(O[Si](C)(C)C)[C@@H](C)CO[Si](C)(C)C(C)(C)C. The Balaban J connectivity index is 4.35. The second kappa shape index (κ2) is 5.93. The fourth-order valence-electron chi connectivity index (χ4n) is 1.14. The molecule has 0 saturated carbocycles. The Morgan fingerprint density at radius 1 is 1.11 bits per heavy atom. The lowest BCUT2D eigenvalue weighted by Crippen LogP contribution is -2.42. The molecular weight excluding hydrogens is 256 g/mol. The average molecular weight is 289 g/mol. The Morgan fingerprint density at radius 2 is 1.56 bits per heavy atom. The smallest absolute Gasteiger partial charge is 0.241 e. The Morgan fingerprint density at radius 3 is 1.89 bits per heavy atom. The normalized spacial score (nSPS) is 15.4. The highest BCUT2D eigenvalue weighted by Crippen LogP contribution is 2.37. The van der Waals surface area contributed by atoms with E-state index in [2.05, 4.69) is 67.0 Å². The van der Waals surface area contributed by atoms with Crippen molar-refractivity contribution >= 4 is 16.6 Å². The zero-order chi connectivity index (χ0) is 14.8. The summed E-state index contributed by atoms with van der Waals surface area (Å²) in [5.74, 6) is 1.15. The first-order valence-electron chi connectivity index (χ1n) is 6.78. The summed E-state index contributed by atoms with van der Waals surface area (Å²) in [6, 6.07) is 0. The molecule has 0 aliphatic carbocycles. The molecule has 0 heterocycles. The summed E-state index contributed by atoms with van der Waals surface area (Å²) in [5, 5.41) is 0.258. The molecule has 108 valence electrons. The highest BCUT2D eigenvalue weighted by atomic mass is 28.4. The van der Waals surface area contributed by atoms with E-state index in [1.54, 1.807) is 0 Å². The third-order valence-electron chi connectivity index (χ3n) is 3.49. The molecular formula is C14H32O2Si2. The van der Waals surface area contributed by atoms with Crippen molar-refractivity contribution in [2.24, 2.45) is 5.92 Å². The lowest BCUT2D eigenvalue weighted by molar-refractivity contribution is 0.221. The summed E-state index contributed by atoms with van der Waals surface area (Å²) >= 11 is 0. The molecule has 2 nitrogen and oxygen atoms in total. The third-order valence-corrected chi connectivity index (χ3v) is 8.86. The topological polar surface area (TPSA) is 18.5 Å². The highest BCUT2D eigenvalue weighted by molar-refractivity contribution is 6.74. The van der Waals surface area contributed by atoms with Crippen molar-refractivity contribution in [1.29, 1.82) is 0 Å². The first-order valence-corrected chi connectivity index (χ1v) is 13.1. The predicted molar refractivity (Wildman–Crippen MR) is 85.9 cm³/mol. The van der Waals surface area contributed by atoms with Crippen LogP contribution in [0.25, 0.3) is 0 Å². The lowest BCUT2D eigenvalue weighted by atomic mass is 10.2. The summed E-state index contributed by atoms with van der Waals surface area (Å²) in [4.78, 5) is 0. The van der Waals surface area contributed by atoms with Gasteiger partial charge in [-0.3, -0.25) is 0 Å². The van der Waals surface area contributed by atoms with E-state index in [4.69, 9.17) is 8.85 Å². The Hall–Kier alpha value is -0.0662. The maximum absolute atomic E-state index is 6.20. The first kappa shape index (κ1) is 17.9. The standard InChI is InChI=1S/C14H32O2Si2/c1-12(13(2)16-17(6,7)8)11-15-18(9,10)14(3,4)5/h12H,2,11H2,1,3-10H3/t12-/m0/s1. The maximum atomic E-state index is 6.20. The monoisotopic (exact) mass is 288 g/mol. The fraction of sp³-hybridized carbons (Fsp3) is 0.857. The summed E-state index contributed by atoms with van der Waals surface area (Å²) in [6.07, 6.45) is 0. The second-order valence-corrected chi connectivity index (χ2v) is 16.9. The van der Waals surface area contributed by atoms with Crippen molar-refractivity contribution in [2.45, 2.75) is 65.5 Å². The molecule has 0 fully saturated rings. The third kappa shape index (κ3) is 6.20. The second-order valence-electron chi connectivity index (χ2n) is 7.65. The van der Waals surface area contributed by atoms with Crippen molar-refractivity contribution in [3.63, 3.8) is 0 Å². The van der Waals surface area contributed by atoms with E-state index in [-0.39, 0.29) is 11.0 Å². The van der Waals surface area contributed by atoms with E-state index >= 15 is 0 Å². The fourth-order valence-corrected chi connectivity index (χ4v) is 3.22. The molecule has 0 N–H and O–H groups in total.